The van der Waals surface area contributed by atoms with Crippen molar-refractivity contribution in [3.63, 3.8) is 0 Å². The number of hydrogen-bond donors (Lipinski definition) is 1. The maximum atomic E-state index is 4.45. The molecule has 0 atom stereocenters. The molecule has 0 unspecified atom stereocenters. The first-order chi connectivity index (χ1) is 10.1. The minimum absolute atomic E-state index is 0. The molecule has 0 bridgehead atoms. The Kier molecular flexibility index (Phi) is 9.05. The van der Waals surface area contributed by atoms with E-state index in [4.69, 9.17) is 0 Å². The van der Waals surface area contributed by atoms with Crippen LogP contribution in [0.4, 0.5) is 0 Å². The van der Waals surface area contributed by atoms with Crippen LogP contribution in [0.2, 0.25) is 0 Å². The van der Waals surface area contributed by atoms with Gasteiger partial charge in [0, 0.05) is 26.7 Å². The highest BCUT2D eigenvalue weighted by molar-refractivity contribution is 14.0. The van der Waals surface area contributed by atoms with E-state index in [-0.39, 0.29) is 24.0 Å². The van der Waals surface area contributed by atoms with E-state index in [0.29, 0.717) is 5.41 Å². The summed E-state index contributed by atoms with van der Waals surface area (Å²) in [6, 6.07) is 0. The van der Waals surface area contributed by atoms with Crippen LogP contribution in [0.1, 0.15) is 52.4 Å². The summed E-state index contributed by atoms with van der Waals surface area (Å²) in [5, 5.41) is 3.55. The molecule has 0 aliphatic carbocycles. The maximum absolute atomic E-state index is 4.45. The Morgan fingerprint density at radius 3 is 2.32 bits per heavy atom. The number of rotatable bonds is 4. The predicted molar refractivity (Wildman–Crippen MR) is 106 cm³/mol. The third-order valence-corrected chi connectivity index (χ3v) is 4.82. The molecule has 2 saturated heterocycles. The third-order valence-electron chi connectivity index (χ3n) is 4.82. The highest BCUT2D eigenvalue weighted by Crippen LogP contribution is 2.28. The van der Waals surface area contributed by atoms with E-state index in [1.54, 1.807) is 0 Å². The van der Waals surface area contributed by atoms with Crippen molar-refractivity contribution in [1.82, 2.24) is 15.1 Å². The van der Waals surface area contributed by atoms with E-state index in [9.17, 15) is 0 Å². The van der Waals surface area contributed by atoms with Crippen molar-refractivity contribution in [3.8, 4) is 0 Å². The van der Waals surface area contributed by atoms with Gasteiger partial charge >= 0.3 is 0 Å². The van der Waals surface area contributed by atoms with Gasteiger partial charge in [0.05, 0.1) is 0 Å². The van der Waals surface area contributed by atoms with Crippen LogP contribution in [0.3, 0.4) is 0 Å². The number of aliphatic imine (C=N–C) groups is 1. The summed E-state index contributed by atoms with van der Waals surface area (Å²) < 4.78 is 0. The zero-order valence-electron chi connectivity index (χ0n) is 14.7. The van der Waals surface area contributed by atoms with Crippen LogP contribution in [0.5, 0.6) is 0 Å². The topological polar surface area (TPSA) is 30.9 Å². The molecule has 22 heavy (non-hydrogen) atoms. The van der Waals surface area contributed by atoms with Crippen LogP contribution in [-0.4, -0.2) is 62.1 Å². The van der Waals surface area contributed by atoms with Gasteiger partial charge in [-0.15, -0.1) is 24.0 Å². The minimum Gasteiger partial charge on any atom is -0.356 e. The van der Waals surface area contributed by atoms with Crippen molar-refractivity contribution in [2.45, 2.75) is 52.4 Å². The van der Waals surface area contributed by atoms with Crippen LogP contribution in [0.25, 0.3) is 0 Å². The average Bonchev–Trinajstić information content (AvgIpc) is 2.67. The van der Waals surface area contributed by atoms with Gasteiger partial charge in [-0.1, -0.05) is 26.7 Å². The first kappa shape index (κ1) is 20.0. The Labute approximate surface area is 154 Å². The summed E-state index contributed by atoms with van der Waals surface area (Å²) in [6.45, 7) is 11.8. The molecule has 0 aromatic heterocycles. The smallest absolute Gasteiger partial charge is 0.193 e. The molecule has 1 N–H and O–H groups in total. The lowest BCUT2D eigenvalue weighted by Gasteiger charge is -2.24. The van der Waals surface area contributed by atoms with E-state index in [1.807, 2.05) is 7.05 Å². The number of guanidine groups is 1. The average molecular weight is 422 g/mol. The van der Waals surface area contributed by atoms with Crippen molar-refractivity contribution < 1.29 is 0 Å². The SMILES string of the molecule is CN=C(NCCCN1CCCCCC1)N1CCC(C)(C)C1.I. The monoisotopic (exact) mass is 422 g/mol. The minimum atomic E-state index is 0. The fourth-order valence-corrected chi connectivity index (χ4v) is 3.49. The first-order valence-electron chi connectivity index (χ1n) is 8.79. The summed E-state index contributed by atoms with van der Waals surface area (Å²) in [5.74, 6) is 1.09. The summed E-state index contributed by atoms with van der Waals surface area (Å²) in [5.41, 5.74) is 0.434. The van der Waals surface area contributed by atoms with E-state index in [0.717, 1.165) is 25.6 Å². The lowest BCUT2D eigenvalue weighted by Crippen LogP contribution is -2.41. The summed E-state index contributed by atoms with van der Waals surface area (Å²) >= 11 is 0. The van der Waals surface area contributed by atoms with Crippen LogP contribution in [0.15, 0.2) is 4.99 Å². The number of likely N-dealkylation sites (tertiary alicyclic amines) is 2. The van der Waals surface area contributed by atoms with Gasteiger partial charge in [0.1, 0.15) is 0 Å². The van der Waals surface area contributed by atoms with Gasteiger partial charge < -0.3 is 15.1 Å². The predicted octanol–water partition coefficient (Wildman–Crippen LogP) is 3.18. The quantitative estimate of drug-likeness (QED) is 0.327. The van der Waals surface area contributed by atoms with Gasteiger partial charge in [-0.3, -0.25) is 4.99 Å². The number of halogens is 1. The summed E-state index contributed by atoms with van der Waals surface area (Å²) in [6.07, 6.45) is 8.10. The zero-order valence-corrected chi connectivity index (χ0v) is 17.1. The molecule has 2 aliphatic rings. The first-order valence-corrected chi connectivity index (χ1v) is 8.79. The zero-order chi connectivity index (χ0) is 15.1. The normalized spacial score (nSPS) is 23.0. The van der Waals surface area contributed by atoms with Crippen molar-refractivity contribution in [1.29, 1.82) is 0 Å². The van der Waals surface area contributed by atoms with Crippen LogP contribution >= 0.6 is 24.0 Å². The Morgan fingerprint density at radius 1 is 1.09 bits per heavy atom. The number of nitrogens with zero attached hydrogens (tertiary/aromatic N) is 3. The van der Waals surface area contributed by atoms with Crippen molar-refractivity contribution in [3.05, 3.63) is 0 Å². The molecule has 0 amide bonds. The largest absolute Gasteiger partial charge is 0.356 e. The highest BCUT2D eigenvalue weighted by Gasteiger charge is 2.30. The van der Waals surface area contributed by atoms with E-state index >= 15 is 0 Å². The Morgan fingerprint density at radius 2 is 1.77 bits per heavy atom. The molecule has 5 heteroatoms. The number of nitrogens with one attached hydrogen (secondary N) is 1. The Balaban J connectivity index is 0.00000242. The molecule has 0 spiro atoms. The van der Waals surface area contributed by atoms with E-state index in [1.165, 1.54) is 58.2 Å². The van der Waals surface area contributed by atoms with Crippen LogP contribution in [0, 0.1) is 5.41 Å². The van der Waals surface area contributed by atoms with Crippen molar-refractivity contribution in [2.24, 2.45) is 10.4 Å². The fourth-order valence-electron chi connectivity index (χ4n) is 3.49. The second kappa shape index (κ2) is 9.96. The Bertz CT molecular complexity index is 336. The van der Waals surface area contributed by atoms with Gasteiger partial charge in [0.15, 0.2) is 5.96 Å². The molecule has 2 aliphatic heterocycles. The molecule has 0 saturated carbocycles. The molecule has 4 nitrogen and oxygen atoms in total. The molecule has 2 fully saturated rings. The van der Waals surface area contributed by atoms with Gasteiger partial charge in [-0.2, -0.15) is 0 Å². The Hall–Kier alpha value is -0.0400. The van der Waals surface area contributed by atoms with Gasteiger partial charge in [-0.05, 0) is 50.7 Å². The van der Waals surface area contributed by atoms with E-state index < -0.39 is 0 Å². The lowest BCUT2D eigenvalue weighted by molar-refractivity contribution is 0.281. The maximum Gasteiger partial charge on any atom is 0.193 e. The molecule has 0 radical (unpaired) electrons. The number of hydrogen-bond acceptors (Lipinski definition) is 2. The second-order valence-corrected chi connectivity index (χ2v) is 7.42. The second-order valence-electron chi connectivity index (χ2n) is 7.42. The lowest BCUT2D eigenvalue weighted by atomic mass is 9.93. The van der Waals surface area contributed by atoms with Gasteiger partial charge in [0.2, 0.25) is 0 Å². The molecule has 0 aromatic carbocycles. The summed E-state index contributed by atoms with van der Waals surface area (Å²) in [7, 11) is 1.91. The molecule has 2 heterocycles. The standard InChI is InChI=1S/C17H34N4.HI/c1-17(2)9-14-21(15-17)16(18-3)19-10-8-13-20-11-6-4-5-7-12-20;/h4-15H2,1-3H3,(H,18,19);1H. The summed E-state index contributed by atoms with van der Waals surface area (Å²) in [4.78, 5) is 9.50. The van der Waals surface area contributed by atoms with Crippen molar-refractivity contribution >= 4 is 29.9 Å². The van der Waals surface area contributed by atoms with Gasteiger partial charge in [0.25, 0.3) is 0 Å². The molecule has 2 rings (SSSR count). The highest BCUT2D eigenvalue weighted by atomic mass is 127. The molecular formula is C17H35IN4. The van der Waals surface area contributed by atoms with Crippen LogP contribution < -0.4 is 5.32 Å². The van der Waals surface area contributed by atoms with Gasteiger partial charge in [-0.25, -0.2) is 0 Å². The fraction of sp³-hybridized carbons (Fsp3) is 0.941. The molecule has 0 aromatic rings. The van der Waals surface area contributed by atoms with E-state index in [2.05, 4.69) is 34.0 Å². The molecular weight excluding hydrogens is 387 g/mol. The molecule has 130 valence electrons. The van der Waals surface area contributed by atoms with Crippen molar-refractivity contribution in [2.75, 3.05) is 46.3 Å². The third kappa shape index (κ3) is 6.60. The van der Waals surface area contributed by atoms with Crippen LogP contribution in [-0.2, 0) is 0 Å².